The molecule has 0 N–H and O–H groups in total. The Morgan fingerprint density at radius 3 is 2.27 bits per heavy atom. The van der Waals surface area contributed by atoms with Crippen LogP contribution in [0.5, 0.6) is 11.5 Å². The molecule has 1 aliphatic heterocycles. The van der Waals surface area contributed by atoms with E-state index in [0.717, 1.165) is 31.7 Å². The lowest BCUT2D eigenvalue weighted by molar-refractivity contribution is -0.0759. The van der Waals surface area contributed by atoms with Gasteiger partial charge >= 0.3 is 6.09 Å². The lowest BCUT2D eigenvalue weighted by atomic mass is 10.1. The molecule has 1 aliphatic rings. The largest absolute Gasteiger partial charge is 0.497 e. The van der Waals surface area contributed by atoms with Crippen LogP contribution in [0.3, 0.4) is 0 Å². The lowest BCUT2D eigenvalue weighted by Crippen LogP contribution is -2.50. The van der Waals surface area contributed by atoms with Gasteiger partial charge in [-0.3, -0.25) is 9.69 Å². The van der Waals surface area contributed by atoms with Gasteiger partial charge in [-0.2, -0.15) is 0 Å². The van der Waals surface area contributed by atoms with Gasteiger partial charge < -0.3 is 19.2 Å². The highest BCUT2D eigenvalue weighted by molar-refractivity contribution is 14.1. The summed E-state index contributed by atoms with van der Waals surface area (Å²) in [5.41, 5.74) is 0.889. The molecular formula is C28H38IN3O5. The van der Waals surface area contributed by atoms with Gasteiger partial charge in [0.2, 0.25) is 0 Å². The minimum Gasteiger partial charge on any atom is -0.497 e. The van der Waals surface area contributed by atoms with Crippen LogP contribution in [0.1, 0.15) is 50.5 Å². The summed E-state index contributed by atoms with van der Waals surface area (Å²) in [5, 5.41) is 1.24. The summed E-state index contributed by atoms with van der Waals surface area (Å²) < 4.78 is 10.5. The Kier molecular flexibility index (Phi) is 10.1. The van der Waals surface area contributed by atoms with Crippen LogP contribution in [0, 0.1) is 0 Å². The maximum absolute atomic E-state index is 13.2. The third-order valence-electron chi connectivity index (χ3n) is 5.98. The fourth-order valence-corrected chi connectivity index (χ4v) is 4.87. The van der Waals surface area contributed by atoms with Crippen molar-refractivity contribution in [3.8, 4) is 11.5 Å². The number of nitrogens with zero attached hydrogens (tertiary/aromatic N) is 3. The van der Waals surface area contributed by atoms with E-state index in [-0.39, 0.29) is 5.91 Å². The molecule has 0 bridgehead atoms. The van der Waals surface area contributed by atoms with Gasteiger partial charge in [0.15, 0.2) is 5.75 Å². The third kappa shape index (κ3) is 8.49. The summed E-state index contributed by atoms with van der Waals surface area (Å²) in [6.45, 7) is 13.0. The Morgan fingerprint density at radius 2 is 1.65 bits per heavy atom. The molecule has 2 aromatic rings. The Balaban J connectivity index is 1.74. The van der Waals surface area contributed by atoms with Crippen LogP contribution >= 0.6 is 22.6 Å². The van der Waals surface area contributed by atoms with Gasteiger partial charge in [0.25, 0.3) is 5.91 Å². The molecule has 0 aliphatic carbocycles. The van der Waals surface area contributed by atoms with Crippen LogP contribution in [0.15, 0.2) is 48.5 Å². The van der Waals surface area contributed by atoms with Gasteiger partial charge in [-0.1, -0.05) is 40.8 Å². The number of alkyl halides is 1. The molecule has 0 spiro atoms. The minimum absolute atomic E-state index is 0.0342. The van der Waals surface area contributed by atoms with E-state index in [1.54, 1.807) is 31.4 Å². The topological polar surface area (TPSA) is 71.5 Å². The number of benzene rings is 2. The molecule has 9 heteroatoms. The summed E-state index contributed by atoms with van der Waals surface area (Å²) in [7, 11) is 1.57. The van der Waals surface area contributed by atoms with Crippen LogP contribution in [-0.4, -0.2) is 75.8 Å². The van der Waals surface area contributed by atoms with E-state index in [4.69, 9.17) is 14.3 Å². The Labute approximate surface area is 233 Å². The van der Waals surface area contributed by atoms with Crippen LogP contribution < -0.4 is 9.57 Å². The molecule has 0 saturated carbocycles. The Hall–Kier alpha value is -2.53. The average molecular weight is 624 g/mol. The van der Waals surface area contributed by atoms with Crippen LogP contribution in [0.25, 0.3) is 0 Å². The minimum atomic E-state index is -0.685. The predicted octanol–water partition coefficient (Wildman–Crippen LogP) is 5.40. The van der Waals surface area contributed by atoms with E-state index in [1.165, 1.54) is 5.06 Å². The van der Waals surface area contributed by atoms with E-state index in [9.17, 15) is 9.59 Å². The zero-order valence-electron chi connectivity index (χ0n) is 22.6. The monoisotopic (exact) mass is 623 g/mol. The molecule has 1 atom stereocenters. The summed E-state index contributed by atoms with van der Waals surface area (Å²) in [6, 6.07) is 15.1. The molecule has 1 saturated heterocycles. The van der Waals surface area contributed by atoms with Crippen LogP contribution in [0.4, 0.5) is 4.79 Å². The number of carbonyl (C=O) groups excluding carboxylic acids is 2. The second kappa shape index (κ2) is 12.8. The van der Waals surface area contributed by atoms with Crippen molar-refractivity contribution >= 4 is 34.6 Å². The average Bonchev–Trinajstić information content (AvgIpc) is 2.86. The maximum Gasteiger partial charge on any atom is 0.444 e. The predicted molar refractivity (Wildman–Crippen MR) is 152 cm³/mol. The second-order valence-corrected chi connectivity index (χ2v) is 11.8. The Bertz CT molecular complexity index is 1060. The van der Waals surface area contributed by atoms with Gasteiger partial charge in [0.1, 0.15) is 15.4 Å². The van der Waals surface area contributed by atoms with Crippen molar-refractivity contribution in [3.05, 3.63) is 59.7 Å². The molecule has 2 aromatic carbocycles. The second-order valence-electron chi connectivity index (χ2n) is 10.3. The van der Waals surface area contributed by atoms with Gasteiger partial charge in [0.05, 0.1) is 7.11 Å². The molecule has 37 heavy (non-hydrogen) atoms. The van der Waals surface area contributed by atoms with Gasteiger partial charge in [-0.25, -0.2) is 4.79 Å². The van der Waals surface area contributed by atoms with Crippen molar-refractivity contribution in [1.29, 1.82) is 0 Å². The van der Waals surface area contributed by atoms with Crippen molar-refractivity contribution in [2.24, 2.45) is 0 Å². The summed E-state index contributed by atoms with van der Waals surface area (Å²) >= 11 is 2.17. The number of piperazine rings is 1. The van der Waals surface area contributed by atoms with Gasteiger partial charge in [0, 0.05) is 50.3 Å². The van der Waals surface area contributed by atoms with Gasteiger partial charge in [-0.05, 0) is 64.4 Å². The van der Waals surface area contributed by atoms with Crippen molar-refractivity contribution in [2.45, 2.75) is 56.7 Å². The van der Waals surface area contributed by atoms with Crippen molar-refractivity contribution in [2.75, 3.05) is 33.3 Å². The fraction of sp³-hybridized carbons (Fsp3) is 0.500. The highest BCUT2D eigenvalue weighted by atomic mass is 127. The van der Waals surface area contributed by atoms with Crippen LogP contribution in [0.2, 0.25) is 0 Å². The number of rotatable bonds is 8. The Morgan fingerprint density at radius 1 is 1.00 bits per heavy atom. The first kappa shape index (κ1) is 29.0. The van der Waals surface area contributed by atoms with E-state index in [1.807, 2.05) is 49.9 Å². The SMILES string of the molecule is COc1cccc(ON(C(=O)OC(C)(C)C)C(I)Cc2cccc(C(=O)N3CCN(C(C)C)CC3)c2)c1. The summed E-state index contributed by atoms with van der Waals surface area (Å²) in [4.78, 5) is 36.6. The number of halogens is 1. The first-order valence-electron chi connectivity index (χ1n) is 12.6. The highest BCUT2D eigenvalue weighted by Gasteiger charge is 2.30. The summed E-state index contributed by atoms with van der Waals surface area (Å²) in [5.74, 6) is 1.11. The molecule has 2 amide bonds. The van der Waals surface area contributed by atoms with E-state index in [0.29, 0.717) is 29.5 Å². The molecule has 1 heterocycles. The van der Waals surface area contributed by atoms with E-state index < -0.39 is 15.7 Å². The fourth-order valence-electron chi connectivity index (χ4n) is 4.02. The van der Waals surface area contributed by atoms with Crippen molar-refractivity contribution in [1.82, 2.24) is 14.9 Å². The molecule has 0 radical (unpaired) electrons. The number of hydroxylamine groups is 2. The number of methoxy groups -OCH3 is 1. The zero-order valence-corrected chi connectivity index (χ0v) is 24.7. The lowest BCUT2D eigenvalue weighted by Gasteiger charge is -2.37. The molecule has 202 valence electrons. The number of amides is 2. The number of hydrogen-bond donors (Lipinski definition) is 0. The smallest absolute Gasteiger partial charge is 0.444 e. The molecule has 8 nitrogen and oxygen atoms in total. The zero-order chi connectivity index (χ0) is 27.2. The standard InChI is InChI=1S/C28H38IN3O5/c1-20(2)30-13-15-31(16-14-30)26(33)22-10-7-9-21(17-22)18-25(29)32(27(34)36-28(3,4)5)37-24-12-8-11-23(19-24)35-6/h7-12,17,19-20,25H,13-16,18H2,1-6H3. The molecule has 0 aromatic heterocycles. The van der Waals surface area contributed by atoms with Crippen LogP contribution in [-0.2, 0) is 11.2 Å². The number of carbonyl (C=O) groups is 2. The van der Waals surface area contributed by atoms with Crippen molar-refractivity contribution < 1.29 is 23.9 Å². The third-order valence-corrected chi connectivity index (χ3v) is 6.93. The first-order chi connectivity index (χ1) is 17.5. The molecule has 3 rings (SSSR count). The molecular weight excluding hydrogens is 585 g/mol. The van der Waals surface area contributed by atoms with E-state index >= 15 is 0 Å². The molecule has 1 fully saturated rings. The first-order valence-corrected chi connectivity index (χ1v) is 13.8. The molecule has 1 unspecified atom stereocenters. The number of hydrogen-bond acceptors (Lipinski definition) is 6. The normalized spacial score (nSPS) is 15.3. The summed E-state index contributed by atoms with van der Waals surface area (Å²) in [6.07, 6.45) is -0.128. The van der Waals surface area contributed by atoms with Gasteiger partial charge in [-0.15, -0.1) is 5.06 Å². The maximum atomic E-state index is 13.2. The van der Waals surface area contributed by atoms with Crippen molar-refractivity contribution in [3.63, 3.8) is 0 Å². The highest BCUT2D eigenvalue weighted by Crippen LogP contribution is 2.25. The quantitative estimate of drug-likeness (QED) is 0.170. The van der Waals surface area contributed by atoms with E-state index in [2.05, 4.69) is 41.3 Å². The number of ether oxygens (including phenoxy) is 2.